The molecule has 4 rings (SSSR count). The van der Waals surface area contributed by atoms with E-state index in [0.717, 1.165) is 19.4 Å². The molecule has 8 unspecified atom stereocenters. The van der Waals surface area contributed by atoms with Crippen molar-refractivity contribution >= 4 is 11.9 Å². The van der Waals surface area contributed by atoms with Crippen LogP contribution in [0.3, 0.4) is 0 Å². The predicted molar refractivity (Wildman–Crippen MR) is 167 cm³/mol. The smallest absolute Gasteiger partial charge is 0.249 e. The topological polar surface area (TPSA) is 331 Å². The monoisotopic (exact) mass is 695 g/mol. The molecular weight excluding hydrogens is 641 g/mol. The lowest BCUT2D eigenvalue weighted by molar-refractivity contribution is -0.311. The number of hydrogen-bond donors (Lipinski definition) is 14. The number of guanidine groups is 1. The number of hydrogen-bond acceptors (Lipinski definition) is 16. The Labute approximate surface area is 278 Å². The van der Waals surface area contributed by atoms with Crippen LogP contribution in [-0.2, 0) is 23.7 Å². The summed E-state index contributed by atoms with van der Waals surface area (Å²) in [7, 11) is 0. The fourth-order valence-corrected chi connectivity index (χ4v) is 6.57. The van der Waals surface area contributed by atoms with Gasteiger partial charge in [0.1, 0.15) is 36.6 Å². The molecule has 4 fully saturated rings. The average Bonchev–Trinajstić information content (AvgIpc) is 3.58. The van der Waals surface area contributed by atoms with Gasteiger partial charge in [0.2, 0.25) is 5.91 Å². The molecule has 0 bridgehead atoms. The Bertz CT molecular complexity index is 1040. The highest BCUT2D eigenvalue weighted by atomic mass is 19.1. The van der Waals surface area contributed by atoms with Crippen molar-refractivity contribution in [3.8, 4) is 0 Å². The fraction of sp³-hybridized carbons (Fsp3) is 0.929. The lowest BCUT2D eigenvalue weighted by Gasteiger charge is -2.48. The lowest BCUT2D eigenvalue weighted by Crippen LogP contribution is -2.69. The molecule has 278 valence electrons. The van der Waals surface area contributed by atoms with E-state index < -0.39 is 104 Å². The molecule has 3 heterocycles. The molecule has 4 aliphatic rings. The Balaban J connectivity index is 1.53. The summed E-state index contributed by atoms with van der Waals surface area (Å²) in [5.41, 5.74) is 23.6. The van der Waals surface area contributed by atoms with Crippen LogP contribution >= 0.6 is 0 Å². The fourth-order valence-electron chi connectivity index (χ4n) is 6.57. The lowest BCUT2D eigenvalue weighted by atomic mass is 9.84. The Kier molecular flexibility index (Phi) is 14.5. The van der Waals surface area contributed by atoms with Crippen molar-refractivity contribution < 1.29 is 53.7 Å². The Morgan fingerprint density at radius 2 is 1.73 bits per heavy atom. The minimum Gasteiger partial charge on any atom is -0.394 e. The second kappa shape index (κ2) is 17.9. The number of carbonyl (C=O) groups excluding carboxylic acids is 1. The molecule has 18 N–H and O–H groups in total. The Hall–Kier alpha value is -1.89. The van der Waals surface area contributed by atoms with Crippen LogP contribution in [0.5, 0.6) is 0 Å². The van der Waals surface area contributed by atoms with E-state index in [1.807, 2.05) is 0 Å². The molecule has 3 aliphatic heterocycles. The number of nitrogens with one attached hydrogen (secondary N) is 5. The molecule has 0 spiro atoms. The highest BCUT2D eigenvalue weighted by molar-refractivity contribution is 5.80. The van der Waals surface area contributed by atoms with Crippen LogP contribution in [0.1, 0.15) is 32.1 Å². The van der Waals surface area contributed by atoms with Crippen LogP contribution in [0.15, 0.2) is 0 Å². The van der Waals surface area contributed by atoms with Crippen molar-refractivity contribution in [2.75, 3.05) is 32.8 Å². The number of halogens is 1. The number of nitrogens with two attached hydrogens (primary N) is 4. The van der Waals surface area contributed by atoms with Crippen LogP contribution in [-0.4, -0.2) is 168 Å². The zero-order chi connectivity index (χ0) is 35.1. The minimum atomic E-state index is -2.12. The summed E-state index contributed by atoms with van der Waals surface area (Å²) in [5, 5.41) is 72.3. The van der Waals surface area contributed by atoms with Crippen molar-refractivity contribution in [1.82, 2.24) is 21.3 Å². The minimum absolute atomic E-state index is 0.00286. The number of amides is 1. The zero-order valence-electron chi connectivity index (χ0n) is 26.8. The molecule has 19 nitrogen and oxygen atoms in total. The number of aliphatic hydroxyl groups is 5. The molecule has 20 heteroatoms. The van der Waals surface area contributed by atoms with Gasteiger partial charge in [0.25, 0.3) is 0 Å². The van der Waals surface area contributed by atoms with E-state index in [0.29, 0.717) is 6.54 Å². The van der Waals surface area contributed by atoms with Gasteiger partial charge in [-0.25, -0.2) is 4.39 Å². The first-order chi connectivity index (χ1) is 22.9. The van der Waals surface area contributed by atoms with Gasteiger partial charge in [-0.3, -0.25) is 10.2 Å². The third-order valence-corrected chi connectivity index (χ3v) is 9.34. The second-order valence-electron chi connectivity index (χ2n) is 12.9. The van der Waals surface area contributed by atoms with E-state index in [4.69, 9.17) is 47.3 Å². The third kappa shape index (κ3) is 9.46. The molecule has 48 heavy (non-hydrogen) atoms. The maximum Gasteiger partial charge on any atom is 0.249 e. The van der Waals surface area contributed by atoms with Gasteiger partial charge in [-0.15, -0.1) is 0 Å². The molecule has 0 aromatic carbocycles. The molecule has 1 amide bonds. The molecule has 0 radical (unpaired) electrons. The normalized spacial score (nSPS) is 42.6. The first kappa shape index (κ1) is 38.9. The van der Waals surface area contributed by atoms with E-state index in [1.54, 1.807) is 0 Å². The Morgan fingerprint density at radius 3 is 2.38 bits per heavy atom. The highest BCUT2D eigenvalue weighted by Gasteiger charge is 2.53. The van der Waals surface area contributed by atoms with Crippen LogP contribution < -0.4 is 44.2 Å². The van der Waals surface area contributed by atoms with Crippen LogP contribution in [0.4, 0.5) is 4.39 Å². The number of rotatable bonds is 13. The van der Waals surface area contributed by atoms with E-state index in [-0.39, 0.29) is 44.4 Å². The first-order valence-corrected chi connectivity index (χ1v) is 16.5. The summed E-state index contributed by atoms with van der Waals surface area (Å²) < 4.78 is 39.9. The quantitative estimate of drug-likeness (QED) is 0.0629. The molecule has 1 aliphatic carbocycles. The molecule has 3 saturated heterocycles. The van der Waals surface area contributed by atoms with Gasteiger partial charge in [-0.1, -0.05) is 0 Å². The van der Waals surface area contributed by atoms with E-state index in [1.165, 1.54) is 0 Å². The van der Waals surface area contributed by atoms with Crippen LogP contribution in [0.25, 0.3) is 0 Å². The SMILES string of the molecule is N=C(NC[C@@H]1CCCN1)NC1C(O)[C@@H](CO)OC(OC2C(F)[C@H](O[C@H]3OC(CN)[C@@H](O)CC3N)C(N)C[C@H]2NC(=O)[C@@H](O)CCN)[C@@H]1O. The first-order valence-electron chi connectivity index (χ1n) is 16.5. The van der Waals surface area contributed by atoms with Crippen molar-refractivity contribution in [3.05, 3.63) is 0 Å². The second-order valence-corrected chi connectivity index (χ2v) is 12.9. The molecule has 16 atom stereocenters. The zero-order valence-corrected chi connectivity index (χ0v) is 26.8. The van der Waals surface area contributed by atoms with Crippen molar-refractivity contribution in [1.29, 1.82) is 5.41 Å². The summed E-state index contributed by atoms with van der Waals surface area (Å²) in [4.78, 5) is 12.8. The van der Waals surface area contributed by atoms with E-state index >= 15 is 4.39 Å². The molecule has 0 aromatic rings. The van der Waals surface area contributed by atoms with Gasteiger partial charge in [-0.2, -0.15) is 0 Å². The van der Waals surface area contributed by atoms with E-state index in [9.17, 15) is 30.3 Å². The van der Waals surface area contributed by atoms with Gasteiger partial charge < -0.3 is 88.7 Å². The number of ether oxygens (including phenoxy) is 4. The van der Waals surface area contributed by atoms with Gasteiger partial charge in [-0.05, 0) is 45.2 Å². The van der Waals surface area contributed by atoms with Crippen molar-refractivity contribution in [3.63, 3.8) is 0 Å². The highest BCUT2D eigenvalue weighted by Crippen LogP contribution is 2.33. The van der Waals surface area contributed by atoms with Gasteiger partial charge in [0, 0.05) is 25.2 Å². The maximum absolute atomic E-state index is 16.6. The summed E-state index contributed by atoms with van der Waals surface area (Å²) >= 11 is 0. The largest absolute Gasteiger partial charge is 0.394 e. The molecular formula is C28H54FN9O10. The van der Waals surface area contributed by atoms with Gasteiger partial charge >= 0.3 is 0 Å². The van der Waals surface area contributed by atoms with Crippen molar-refractivity contribution in [2.45, 2.75) is 130 Å². The summed E-state index contributed by atoms with van der Waals surface area (Å²) in [6, 6.07) is -4.27. The summed E-state index contributed by atoms with van der Waals surface area (Å²) in [5.74, 6) is -1.08. The standard InChI is InChI=1S/C28H54FN9O10/c29-19-23(47-26-13(33)7-16(41)17(8-31)45-26)12(32)6-14(37-25(44)15(40)3-4-30)24(19)48-27-22(43)20(21(42)18(10-39)46-27)38-28(34)36-9-11-2-1-5-35-11/h11-24,26-27,35,39-43H,1-10,30-33H2,(H,37,44)(H3,34,36,38)/t11-,12?,13?,14+,15-,16-,17?,18+,19?,20?,21?,22+,23+,24?,26+,27?/m0/s1. The van der Waals surface area contributed by atoms with Crippen molar-refractivity contribution in [2.24, 2.45) is 22.9 Å². The average molecular weight is 696 g/mol. The maximum atomic E-state index is 16.6. The molecule has 0 aromatic heterocycles. The summed E-state index contributed by atoms with van der Waals surface area (Å²) in [6.07, 6.45) is -14.1. The summed E-state index contributed by atoms with van der Waals surface area (Å²) in [6.45, 7) is 0.510. The van der Waals surface area contributed by atoms with E-state index in [2.05, 4.69) is 21.3 Å². The van der Waals surface area contributed by atoms with Gasteiger partial charge in [0.05, 0.1) is 36.9 Å². The predicted octanol–water partition coefficient (Wildman–Crippen LogP) is -6.54. The number of alkyl halides is 1. The Morgan fingerprint density at radius 1 is 1.02 bits per heavy atom. The number of carbonyl (C=O) groups is 1. The number of aliphatic hydroxyl groups excluding tert-OH is 5. The van der Waals surface area contributed by atoms with Crippen LogP contribution in [0.2, 0.25) is 0 Å². The van der Waals surface area contributed by atoms with Gasteiger partial charge in [0.15, 0.2) is 24.7 Å². The van der Waals surface area contributed by atoms with Crippen LogP contribution in [0, 0.1) is 5.41 Å². The third-order valence-electron chi connectivity index (χ3n) is 9.34. The molecule has 1 saturated carbocycles.